The zero-order valence-electron chi connectivity index (χ0n) is 19.3. The van der Waals surface area contributed by atoms with E-state index < -0.39 is 11.7 Å². The number of anilines is 1. The average molecular weight is 492 g/mol. The predicted octanol–water partition coefficient (Wildman–Crippen LogP) is 3.86. The Morgan fingerprint density at radius 2 is 1.80 bits per heavy atom. The van der Waals surface area contributed by atoms with Gasteiger partial charge in [-0.05, 0) is 56.0 Å². The van der Waals surface area contributed by atoms with Crippen LogP contribution in [-0.2, 0) is 11.0 Å². The van der Waals surface area contributed by atoms with Gasteiger partial charge < -0.3 is 19.7 Å². The fraction of sp³-hybridized carbons (Fsp3) is 0.458. The van der Waals surface area contributed by atoms with Gasteiger partial charge in [0.05, 0.1) is 12.7 Å². The van der Waals surface area contributed by atoms with Crippen LogP contribution in [0, 0.1) is 0 Å². The van der Waals surface area contributed by atoms with Crippen molar-refractivity contribution >= 4 is 17.6 Å². The zero-order chi connectivity index (χ0) is 25.0. The van der Waals surface area contributed by atoms with Crippen LogP contribution in [0.15, 0.2) is 42.6 Å². The quantitative estimate of drug-likeness (QED) is 0.635. The number of hydrogen-bond donors (Lipinski definition) is 1. The molecule has 1 aliphatic carbocycles. The van der Waals surface area contributed by atoms with Gasteiger partial charge in [0.15, 0.2) is 0 Å². The number of methoxy groups -OCH3 is 1. The number of benzene rings is 1. The molecule has 2 aliphatic rings. The zero-order valence-corrected chi connectivity index (χ0v) is 19.3. The highest BCUT2D eigenvalue weighted by atomic mass is 19.4. The van der Waals surface area contributed by atoms with Crippen LogP contribution in [0.2, 0.25) is 0 Å². The van der Waals surface area contributed by atoms with Gasteiger partial charge in [-0.25, -0.2) is 9.78 Å². The first-order valence-corrected chi connectivity index (χ1v) is 11.4. The molecule has 1 aliphatic heterocycles. The van der Waals surface area contributed by atoms with Gasteiger partial charge in [-0.3, -0.25) is 9.69 Å². The second-order valence-corrected chi connectivity index (χ2v) is 8.60. The van der Waals surface area contributed by atoms with Gasteiger partial charge in [0.2, 0.25) is 11.8 Å². The molecule has 0 spiro atoms. The van der Waals surface area contributed by atoms with Gasteiger partial charge in [0, 0.05) is 37.1 Å². The first-order valence-electron chi connectivity index (χ1n) is 11.4. The number of ether oxygens (including phenoxy) is 2. The summed E-state index contributed by atoms with van der Waals surface area (Å²) in [6.45, 7) is 0.940. The minimum Gasteiger partial charge on any atom is -0.497 e. The van der Waals surface area contributed by atoms with E-state index in [2.05, 4.69) is 10.3 Å². The topological polar surface area (TPSA) is 84.0 Å². The van der Waals surface area contributed by atoms with E-state index in [1.165, 1.54) is 11.0 Å². The molecular formula is C24H27F3N4O4. The highest BCUT2D eigenvalue weighted by Crippen LogP contribution is 2.30. The Balaban J connectivity index is 1.20. The Bertz CT molecular complexity index is 1020. The minimum absolute atomic E-state index is 0.0165. The molecular weight excluding hydrogens is 465 g/mol. The number of pyridine rings is 1. The number of urea groups is 1. The van der Waals surface area contributed by atoms with E-state index in [-0.39, 0.29) is 36.5 Å². The van der Waals surface area contributed by atoms with Crippen molar-refractivity contribution in [1.82, 2.24) is 15.2 Å². The fourth-order valence-electron chi connectivity index (χ4n) is 4.29. The van der Waals surface area contributed by atoms with Gasteiger partial charge >= 0.3 is 12.2 Å². The number of hydrogen-bond acceptors (Lipinski definition) is 5. The van der Waals surface area contributed by atoms with Gasteiger partial charge in [0.1, 0.15) is 18.4 Å². The number of nitrogens with zero attached hydrogens (tertiary/aromatic N) is 3. The summed E-state index contributed by atoms with van der Waals surface area (Å²) < 4.78 is 48.8. The van der Waals surface area contributed by atoms with E-state index in [1.807, 2.05) is 0 Å². The molecule has 1 saturated heterocycles. The summed E-state index contributed by atoms with van der Waals surface area (Å²) in [5.41, 5.74) is -0.0700. The average Bonchev–Trinajstić information content (AvgIpc) is 3.20. The van der Waals surface area contributed by atoms with Crippen molar-refractivity contribution < 1.29 is 32.2 Å². The molecule has 11 heteroatoms. The highest BCUT2D eigenvalue weighted by Gasteiger charge is 2.33. The number of amides is 3. The van der Waals surface area contributed by atoms with E-state index in [0.717, 1.165) is 18.0 Å². The summed E-state index contributed by atoms with van der Waals surface area (Å²) in [5, 5.41) is 2.98. The standard InChI is InChI=1S/C24H27F3N4O4/c1-34-19-9-5-18(6-10-19)31-13-12-30(23(31)33)15-21(32)29-17-3-7-20(8-4-17)35-22-11-2-16(14-28-22)24(25,26)27/h2,5-6,9-11,14,17,20H,3-4,7-8,12-13,15H2,1H3,(H,29,32). The molecule has 1 saturated carbocycles. The Labute approximate surface area is 201 Å². The maximum Gasteiger partial charge on any atom is 0.417 e. The van der Waals surface area contributed by atoms with Gasteiger partial charge in [-0.1, -0.05) is 0 Å². The molecule has 3 amide bonds. The third-order valence-corrected chi connectivity index (χ3v) is 6.20. The van der Waals surface area contributed by atoms with Crippen molar-refractivity contribution in [3.8, 4) is 11.6 Å². The molecule has 8 nitrogen and oxygen atoms in total. The van der Waals surface area contributed by atoms with Crippen molar-refractivity contribution in [2.75, 3.05) is 31.6 Å². The van der Waals surface area contributed by atoms with Crippen molar-refractivity contribution in [1.29, 1.82) is 0 Å². The summed E-state index contributed by atoms with van der Waals surface area (Å²) in [6.07, 6.45) is -1.23. The number of alkyl halides is 3. The predicted molar refractivity (Wildman–Crippen MR) is 121 cm³/mol. The lowest BCUT2D eigenvalue weighted by Gasteiger charge is -2.29. The molecule has 1 aromatic carbocycles. The molecule has 0 unspecified atom stereocenters. The second kappa shape index (κ2) is 10.4. The summed E-state index contributed by atoms with van der Waals surface area (Å²) in [6, 6.07) is 9.09. The number of nitrogens with one attached hydrogen (secondary N) is 1. The lowest BCUT2D eigenvalue weighted by atomic mass is 9.93. The van der Waals surface area contributed by atoms with Crippen molar-refractivity contribution in [3.63, 3.8) is 0 Å². The summed E-state index contributed by atoms with van der Waals surface area (Å²) >= 11 is 0. The van der Waals surface area contributed by atoms with Gasteiger partial charge in [-0.2, -0.15) is 13.2 Å². The van der Waals surface area contributed by atoms with Crippen LogP contribution in [0.5, 0.6) is 11.6 Å². The third-order valence-electron chi connectivity index (χ3n) is 6.20. The fourth-order valence-corrected chi connectivity index (χ4v) is 4.29. The Kier molecular flexibility index (Phi) is 7.32. The number of carbonyl (C=O) groups is 2. The lowest BCUT2D eigenvalue weighted by Crippen LogP contribution is -2.45. The molecule has 188 valence electrons. The molecule has 2 fully saturated rings. The Morgan fingerprint density at radius 1 is 1.09 bits per heavy atom. The normalized spacial score (nSPS) is 20.6. The van der Waals surface area contributed by atoms with Crippen molar-refractivity contribution in [2.24, 2.45) is 0 Å². The number of halogens is 3. The summed E-state index contributed by atoms with van der Waals surface area (Å²) in [4.78, 5) is 32.2. The number of rotatable bonds is 7. The molecule has 2 heterocycles. The van der Waals surface area contributed by atoms with Gasteiger partial charge in [0.25, 0.3) is 0 Å². The number of aromatic nitrogens is 1. The van der Waals surface area contributed by atoms with E-state index in [9.17, 15) is 22.8 Å². The molecule has 35 heavy (non-hydrogen) atoms. The molecule has 0 bridgehead atoms. The molecule has 0 atom stereocenters. The summed E-state index contributed by atoms with van der Waals surface area (Å²) in [5.74, 6) is 0.635. The van der Waals surface area contributed by atoms with Crippen molar-refractivity contribution in [2.45, 2.75) is 44.0 Å². The third kappa shape index (κ3) is 6.14. The summed E-state index contributed by atoms with van der Waals surface area (Å²) in [7, 11) is 1.58. The second-order valence-electron chi connectivity index (χ2n) is 8.60. The lowest BCUT2D eigenvalue weighted by molar-refractivity contribution is -0.137. The maximum atomic E-state index is 12.7. The van der Waals surface area contributed by atoms with E-state index in [0.29, 0.717) is 44.5 Å². The SMILES string of the molecule is COc1ccc(N2CCN(CC(=O)NC3CCC(Oc4ccc(C(F)(F)F)cn4)CC3)C2=O)cc1. The van der Waals surface area contributed by atoms with E-state index in [1.54, 1.807) is 36.3 Å². The molecule has 1 aromatic heterocycles. The number of carbonyl (C=O) groups excluding carboxylic acids is 2. The van der Waals surface area contributed by atoms with Crippen LogP contribution in [0.25, 0.3) is 0 Å². The van der Waals surface area contributed by atoms with Crippen LogP contribution < -0.4 is 19.7 Å². The van der Waals surface area contributed by atoms with Crippen LogP contribution in [0.1, 0.15) is 31.2 Å². The molecule has 1 N–H and O–H groups in total. The smallest absolute Gasteiger partial charge is 0.417 e. The first-order chi connectivity index (χ1) is 16.7. The van der Waals surface area contributed by atoms with Gasteiger partial charge in [-0.15, -0.1) is 0 Å². The molecule has 0 radical (unpaired) electrons. The maximum absolute atomic E-state index is 12.7. The Hall–Kier alpha value is -3.50. The van der Waals surface area contributed by atoms with Crippen LogP contribution in [-0.4, -0.2) is 60.7 Å². The minimum atomic E-state index is -4.44. The Morgan fingerprint density at radius 3 is 2.40 bits per heavy atom. The van der Waals surface area contributed by atoms with Crippen LogP contribution >= 0.6 is 0 Å². The monoisotopic (exact) mass is 492 g/mol. The highest BCUT2D eigenvalue weighted by molar-refractivity contribution is 5.96. The van der Waals surface area contributed by atoms with Crippen molar-refractivity contribution in [3.05, 3.63) is 48.2 Å². The molecule has 2 aromatic rings. The van der Waals surface area contributed by atoms with E-state index in [4.69, 9.17) is 9.47 Å². The van der Waals surface area contributed by atoms with Crippen LogP contribution in [0.3, 0.4) is 0 Å². The largest absolute Gasteiger partial charge is 0.497 e. The molecule has 4 rings (SSSR count). The van der Waals surface area contributed by atoms with E-state index >= 15 is 0 Å². The first kappa shape index (κ1) is 24.6. The van der Waals surface area contributed by atoms with Crippen LogP contribution in [0.4, 0.5) is 23.7 Å².